The first-order valence-electron chi connectivity index (χ1n) is 8.35. The van der Waals surface area contributed by atoms with Gasteiger partial charge >= 0.3 is 0 Å². The highest BCUT2D eigenvalue weighted by Crippen LogP contribution is 2.24. The lowest BCUT2D eigenvalue weighted by molar-refractivity contribution is -0.126. The van der Waals surface area contributed by atoms with E-state index >= 15 is 0 Å². The Morgan fingerprint density at radius 1 is 1.22 bits per heavy atom. The summed E-state index contributed by atoms with van der Waals surface area (Å²) in [6, 6.07) is 12.3. The van der Waals surface area contributed by atoms with Gasteiger partial charge in [0.25, 0.3) is 0 Å². The summed E-state index contributed by atoms with van der Waals surface area (Å²) in [6.45, 7) is 7.78. The molecule has 1 unspecified atom stereocenters. The molecule has 0 spiro atoms. The molecule has 1 fully saturated rings. The van der Waals surface area contributed by atoms with Gasteiger partial charge in [0.05, 0.1) is 11.4 Å². The number of hydrogen-bond acceptors (Lipinski definition) is 3. The summed E-state index contributed by atoms with van der Waals surface area (Å²) in [7, 11) is 0. The van der Waals surface area contributed by atoms with Gasteiger partial charge in [0, 0.05) is 24.0 Å². The first-order chi connectivity index (χ1) is 10.9. The minimum atomic E-state index is -0.180. The van der Waals surface area contributed by atoms with Gasteiger partial charge in [-0.05, 0) is 51.8 Å². The van der Waals surface area contributed by atoms with Gasteiger partial charge in [0.1, 0.15) is 5.82 Å². The number of anilines is 1. The maximum Gasteiger partial charge on any atom is 0.225 e. The molecule has 1 N–H and O–H groups in total. The van der Waals surface area contributed by atoms with E-state index in [1.165, 1.54) is 0 Å². The van der Waals surface area contributed by atoms with Crippen molar-refractivity contribution in [3.05, 3.63) is 36.4 Å². The number of piperidine rings is 1. The fourth-order valence-corrected chi connectivity index (χ4v) is 3.10. The van der Waals surface area contributed by atoms with Gasteiger partial charge < -0.3 is 10.2 Å². The molecule has 0 radical (unpaired) electrons. The lowest BCUT2D eigenvalue weighted by atomic mass is 9.95. The fourth-order valence-electron chi connectivity index (χ4n) is 3.10. The number of fused-ring (bicyclic) bond motifs is 1. The molecule has 1 aliphatic rings. The van der Waals surface area contributed by atoms with Crippen molar-refractivity contribution >= 4 is 22.6 Å². The zero-order chi connectivity index (χ0) is 16.4. The highest BCUT2D eigenvalue weighted by atomic mass is 16.2. The second kappa shape index (κ2) is 6.19. The van der Waals surface area contributed by atoms with Crippen molar-refractivity contribution in [2.75, 3.05) is 18.0 Å². The van der Waals surface area contributed by atoms with Crippen molar-refractivity contribution in [1.82, 2.24) is 10.3 Å². The van der Waals surface area contributed by atoms with E-state index in [2.05, 4.69) is 28.4 Å². The molecule has 1 aromatic heterocycles. The molecule has 0 aliphatic carbocycles. The van der Waals surface area contributed by atoms with Crippen molar-refractivity contribution in [1.29, 1.82) is 0 Å². The van der Waals surface area contributed by atoms with Crippen LogP contribution in [0.5, 0.6) is 0 Å². The largest absolute Gasteiger partial charge is 0.356 e. The number of benzene rings is 1. The average molecular weight is 311 g/mol. The molecule has 4 heteroatoms. The van der Waals surface area contributed by atoms with Crippen LogP contribution < -0.4 is 10.2 Å². The molecule has 1 atom stereocenters. The quantitative estimate of drug-likeness (QED) is 0.925. The molecule has 1 aliphatic heterocycles. The van der Waals surface area contributed by atoms with Crippen LogP contribution in [0, 0.1) is 5.92 Å². The number of aromatic nitrogens is 1. The third-order valence-electron chi connectivity index (χ3n) is 4.20. The first kappa shape index (κ1) is 15.8. The van der Waals surface area contributed by atoms with Crippen LogP contribution in [0.15, 0.2) is 36.4 Å². The van der Waals surface area contributed by atoms with Gasteiger partial charge in [-0.1, -0.05) is 18.2 Å². The Bertz CT molecular complexity index is 705. The van der Waals surface area contributed by atoms with Gasteiger partial charge in [-0.15, -0.1) is 0 Å². The zero-order valence-corrected chi connectivity index (χ0v) is 14.2. The van der Waals surface area contributed by atoms with E-state index in [9.17, 15) is 4.79 Å². The minimum absolute atomic E-state index is 0.0382. The summed E-state index contributed by atoms with van der Waals surface area (Å²) in [5.41, 5.74) is 0.826. The average Bonchev–Trinajstić information content (AvgIpc) is 2.53. The normalized spacial score (nSPS) is 18.9. The Morgan fingerprint density at radius 3 is 2.78 bits per heavy atom. The molecule has 1 aromatic carbocycles. The summed E-state index contributed by atoms with van der Waals surface area (Å²) in [5, 5.41) is 4.25. The SMILES string of the molecule is CC(C)(C)NC(=O)C1CCCN(c2ccc3ccccc3n2)C1. The van der Waals surface area contributed by atoms with Crippen LogP contribution in [-0.4, -0.2) is 29.5 Å². The van der Waals surface area contributed by atoms with E-state index in [1.54, 1.807) is 0 Å². The van der Waals surface area contributed by atoms with Crippen LogP contribution in [0.4, 0.5) is 5.82 Å². The molecule has 122 valence electrons. The molecular formula is C19H25N3O. The van der Waals surface area contributed by atoms with Crippen LogP contribution in [0.2, 0.25) is 0 Å². The maximum atomic E-state index is 12.4. The predicted octanol–water partition coefficient (Wildman–Crippen LogP) is 3.37. The van der Waals surface area contributed by atoms with E-state index < -0.39 is 0 Å². The second-order valence-electron chi connectivity index (χ2n) is 7.39. The topological polar surface area (TPSA) is 45.2 Å². The highest BCUT2D eigenvalue weighted by Gasteiger charge is 2.28. The van der Waals surface area contributed by atoms with Gasteiger partial charge in [-0.2, -0.15) is 0 Å². The van der Waals surface area contributed by atoms with Crippen molar-refractivity contribution in [3.8, 4) is 0 Å². The number of carbonyl (C=O) groups is 1. The summed E-state index contributed by atoms with van der Waals surface area (Å²) in [6.07, 6.45) is 1.97. The van der Waals surface area contributed by atoms with E-state index in [1.807, 2.05) is 39.0 Å². The van der Waals surface area contributed by atoms with Gasteiger partial charge in [-0.3, -0.25) is 4.79 Å². The number of hydrogen-bond donors (Lipinski definition) is 1. The molecule has 4 nitrogen and oxygen atoms in total. The van der Waals surface area contributed by atoms with Crippen molar-refractivity contribution in [2.45, 2.75) is 39.2 Å². The molecule has 2 aromatic rings. The Morgan fingerprint density at radius 2 is 2.00 bits per heavy atom. The van der Waals surface area contributed by atoms with Gasteiger partial charge in [0.2, 0.25) is 5.91 Å². The zero-order valence-electron chi connectivity index (χ0n) is 14.2. The van der Waals surface area contributed by atoms with E-state index in [4.69, 9.17) is 4.98 Å². The summed E-state index contributed by atoms with van der Waals surface area (Å²) < 4.78 is 0. The number of carbonyl (C=O) groups excluding carboxylic acids is 1. The molecule has 2 heterocycles. The number of para-hydroxylation sites is 1. The Balaban J connectivity index is 1.75. The number of rotatable bonds is 2. The lowest BCUT2D eigenvalue weighted by Gasteiger charge is -2.34. The molecular weight excluding hydrogens is 286 g/mol. The highest BCUT2D eigenvalue weighted by molar-refractivity contribution is 5.81. The number of pyridine rings is 1. The summed E-state index contributed by atoms with van der Waals surface area (Å²) in [4.78, 5) is 19.4. The standard InChI is InChI=1S/C19H25N3O/c1-19(2,3)21-18(23)15-8-6-12-22(13-15)17-11-10-14-7-4-5-9-16(14)20-17/h4-5,7,9-11,15H,6,8,12-13H2,1-3H3,(H,21,23). The van der Waals surface area contributed by atoms with E-state index in [0.717, 1.165) is 42.7 Å². The minimum Gasteiger partial charge on any atom is -0.356 e. The van der Waals surface area contributed by atoms with Crippen molar-refractivity contribution in [3.63, 3.8) is 0 Å². The summed E-state index contributed by atoms with van der Waals surface area (Å²) in [5.74, 6) is 1.16. The van der Waals surface area contributed by atoms with Gasteiger partial charge in [0.15, 0.2) is 0 Å². The van der Waals surface area contributed by atoms with Crippen molar-refractivity contribution < 1.29 is 4.79 Å². The van der Waals surface area contributed by atoms with Crippen LogP contribution in [0.3, 0.4) is 0 Å². The fraction of sp³-hybridized carbons (Fsp3) is 0.474. The number of nitrogens with one attached hydrogen (secondary N) is 1. The van der Waals surface area contributed by atoms with Crippen molar-refractivity contribution in [2.24, 2.45) is 5.92 Å². The first-order valence-corrected chi connectivity index (χ1v) is 8.35. The second-order valence-corrected chi connectivity index (χ2v) is 7.39. The van der Waals surface area contributed by atoms with Crippen LogP contribution >= 0.6 is 0 Å². The molecule has 1 saturated heterocycles. The molecule has 23 heavy (non-hydrogen) atoms. The third-order valence-corrected chi connectivity index (χ3v) is 4.20. The number of nitrogens with zero attached hydrogens (tertiary/aromatic N) is 2. The monoisotopic (exact) mass is 311 g/mol. The maximum absolute atomic E-state index is 12.4. The Hall–Kier alpha value is -2.10. The Kier molecular flexibility index (Phi) is 4.24. The summed E-state index contributed by atoms with van der Waals surface area (Å²) >= 11 is 0. The lowest BCUT2D eigenvalue weighted by Crippen LogP contribution is -2.48. The third kappa shape index (κ3) is 3.81. The van der Waals surface area contributed by atoms with E-state index in [-0.39, 0.29) is 17.4 Å². The molecule has 0 saturated carbocycles. The predicted molar refractivity (Wildman–Crippen MR) is 94.6 cm³/mol. The number of amides is 1. The Labute approximate surface area is 137 Å². The van der Waals surface area contributed by atoms with Crippen LogP contribution in [0.25, 0.3) is 10.9 Å². The molecule has 1 amide bonds. The molecule has 0 bridgehead atoms. The van der Waals surface area contributed by atoms with Crippen LogP contribution in [-0.2, 0) is 4.79 Å². The van der Waals surface area contributed by atoms with E-state index in [0.29, 0.717) is 0 Å². The van der Waals surface area contributed by atoms with Crippen LogP contribution in [0.1, 0.15) is 33.6 Å². The van der Waals surface area contributed by atoms with Gasteiger partial charge in [-0.25, -0.2) is 4.98 Å². The molecule has 3 rings (SSSR count). The smallest absolute Gasteiger partial charge is 0.225 e.